The van der Waals surface area contributed by atoms with E-state index in [1.54, 1.807) is 0 Å². The minimum atomic E-state index is -0.729. The molecule has 25 heavy (non-hydrogen) atoms. The van der Waals surface area contributed by atoms with Crippen molar-refractivity contribution >= 4 is 11.8 Å². The smallest absolute Gasteiger partial charge is 0.304 e. The third-order valence-electron chi connectivity index (χ3n) is 7.97. The van der Waals surface area contributed by atoms with Crippen molar-refractivity contribution in [1.82, 2.24) is 0 Å². The summed E-state index contributed by atoms with van der Waals surface area (Å²) in [5.74, 6) is 5.41. The highest BCUT2D eigenvalue weighted by Gasteiger charge is 2.64. The summed E-state index contributed by atoms with van der Waals surface area (Å²) in [5.41, 5.74) is 0.565. The van der Waals surface area contributed by atoms with Gasteiger partial charge in [-0.3, -0.25) is 9.59 Å². The van der Waals surface area contributed by atoms with Crippen molar-refractivity contribution in [3.8, 4) is 12.3 Å². The standard InChI is InChI=1S/C22H28O3/c1-4-22(25-14(2)23)12-10-20-19-7-5-15-13-16(24)6-8-17(15)18(19)9-11-21(20,22)3/h1,13,17-20H,5-12H2,2-3H3/t17-,18+,19-,20+,21+,22+/m1/s1. The Morgan fingerprint density at radius 1 is 1.20 bits per heavy atom. The first kappa shape index (κ1) is 16.9. The third-order valence-corrected chi connectivity index (χ3v) is 7.97. The van der Waals surface area contributed by atoms with Crippen molar-refractivity contribution in [2.24, 2.45) is 29.1 Å². The number of ether oxygens (including phenoxy) is 1. The summed E-state index contributed by atoms with van der Waals surface area (Å²) in [6.45, 7) is 3.73. The number of rotatable bonds is 1. The molecule has 3 heteroatoms. The SMILES string of the molecule is C#C[C@]1(OC(C)=O)CC[C@H]2[C@@H]3CCC4=CC(=O)CC[C@H]4[C@@H]3CC[C@@]21C. The molecule has 0 aromatic rings. The van der Waals surface area contributed by atoms with Gasteiger partial charge < -0.3 is 4.74 Å². The summed E-state index contributed by atoms with van der Waals surface area (Å²) < 4.78 is 5.79. The van der Waals surface area contributed by atoms with E-state index in [-0.39, 0.29) is 11.4 Å². The van der Waals surface area contributed by atoms with Crippen LogP contribution in [0.4, 0.5) is 0 Å². The maximum Gasteiger partial charge on any atom is 0.304 e. The van der Waals surface area contributed by atoms with Crippen LogP contribution in [0.1, 0.15) is 65.2 Å². The maximum atomic E-state index is 11.8. The molecule has 0 aliphatic heterocycles. The number of carbonyl (C=O) groups is 2. The Bertz CT molecular complexity index is 684. The fraction of sp³-hybridized carbons (Fsp3) is 0.727. The molecule has 134 valence electrons. The summed E-state index contributed by atoms with van der Waals surface area (Å²) in [4.78, 5) is 23.5. The van der Waals surface area contributed by atoms with E-state index in [9.17, 15) is 9.59 Å². The molecule has 3 nitrogen and oxygen atoms in total. The zero-order valence-electron chi connectivity index (χ0n) is 15.3. The molecule has 0 radical (unpaired) electrons. The molecule has 0 aromatic heterocycles. The lowest BCUT2D eigenvalue weighted by atomic mass is 9.50. The first-order chi connectivity index (χ1) is 11.9. The highest BCUT2D eigenvalue weighted by Crippen LogP contribution is 2.65. The largest absolute Gasteiger partial charge is 0.445 e. The number of terminal acetylenes is 1. The predicted octanol–water partition coefficient (Wildman–Crippen LogP) is 4.06. The zero-order chi connectivity index (χ0) is 17.8. The van der Waals surface area contributed by atoms with Gasteiger partial charge in [-0.2, -0.15) is 0 Å². The number of fused-ring (bicyclic) bond motifs is 5. The van der Waals surface area contributed by atoms with Crippen LogP contribution in [0.5, 0.6) is 0 Å². The molecule has 0 N–H and O–H groups in total. The Morgan fingerprint density at radius 3 is 2.72 bits per heavy atom. The van der Waals surface area contributed by atoms with Crippen LogP contribution in [0.25, 0.3) is 0 Å². The molecule has 0 heterocycles. The Kier molecular flexibility index (Phi) is 3.87. The fourth-order valence-electron chi connectivity index (χ4n) is 6.86. The van der Waals surface area contributed by atoms with Gasteiger partial charge in [-0.25, -0.2) is 0 Å². The zero-order valence-corrected chi connectivity index (χ0v) is 15.3. The normalized spacial score (nSPS) is 45.5. The van der Waals surface area contributed by atoms with Crippen LogP contribution in [-0.2, 0) is 14.3 Å². The lowest BCUT2D eigenvalue weighted by Crippen LogP contribution is -2.53. The van der Waals surface area contributed by atoms with Crippen LogP contribution in [0, 0.1) is 41.4 Å². The molecule has 0 unspecified atom stereocenters. The molecule has 0 spiro atoms. The van der Waals surface area contributed by atoms with Crippen LogP contribution in [0.2, 0.25) is 0 Å². The molecule has 4 rings (SSSR count). The van der Waals surface area contributed by atoms with E-state index in [1.165, 1.54) is 12.5 Å². The summed E-state index contributed by atoms with van der Waals surface area (Å²) in [5, 5.41) is 0. The quantitative estimate of drug-likeness (QED) is 0.534. The van der Waals surface area contributed by atoms with Crippen molar-refractivity contribution in [3.63, 3.8) is 0 Å². The number of hydrogen-bond acceptors (Lipinski definition) is 3. The van der Waals surface area contributed by atoms with Gasteiger partial charge in [-0.1, -0.05) is 18.4 Å². The highest BCUT2D eigenvalue weighted by atomic mass is 16.6. The van der Waals surface area contributed by atoms with Gasteiger partial charge in [-0.05, 0) is 74.7 Å². The van der Waals surface area contributed by atoms with Crippen molar-refractivity contribution in [2.75, 3.05) is 0 Å². The number of ketones is 1. The topological polar surface area (TPSA) is 43.4 Å². The van der Waals surface area contributed by atoms with E-state index in [2.05, 4.69) is 12.8 Å². The van der Waals surface area contributed by atoms with Crippen molar-refractivity contribution in [1.29, 1.82) is 0 Å². The lowest BCUT2D eigenvalue weighted by Gasteiger charge is -2.55. The van der Waals surface area contributed by atoms with Crippen LogP contribution >= 0.6 is 0 Å². The van der Waals surface area contributed by atoms with Crippen molar-refractivity contribution < 1.29 is 14.3 Å². The predicted molar refractivity (Wildman–Crippen MR) is 95.4 cm³/mol. The molecule has 3 saturated carbocycles. The summed E-state index contributed by atoms with van der Waals surface area (Å²) >= 11 is 0. The average Bonchev–Trinajstić information content (AvgIpc) is 2.87. The van der Waals surface area contributed by atoms with E-state index in [4.69, 9.17) is 11.2 Å². The van der Waals surface area contributed by atoms with Gasteiger partial charge in [0.25, 0.3) is 0 Å². The van der Waals surface area contributed by atoms with E-state index in [1.807, 2.05) is 6.08 Å². The second-order valence-corrected chi connectivity index (χ2v) is 8.86. The van der Waals surface area contributed by atoms with Gasteiger partial charge >= 0.3 is 5.97 Å². The van der Waals surface area contributed by atoms with Crippen LogP contribution < -0.4 is 0 Å². The molecular weight excluding hydrogens is 312 g/mol. The second kappa shape index (κ2) is 5.73. The minimum absolute atomic E-state index is 0.111. The molecule has 0 amide bonds. The molecule has 0 aromatic carbocycles. The monoisotopic (exact) mass is 340 g/mol. The Hall–Kier alpha value is -1.56. The number of carbonyl (C=O) groups excluding carboxylic acids is 2. The van der Waals surface area contributed by atoms with Gasteiger partial charge in [0.15, 0.2) is 11.4 Å². The van der Waals surface area contributed by atoms with Gasteiger partial charge in [0.05, 0.1) is 0 Å². The van der Waals surface area contributed by atoms with Gasteiger partial charge in [0, 0.05) is 18.8 Å². The Balaban J connectivity index is 1.64. The molecule has 6 atom stereocenters. The second-order valence-electron chi connectivity index (χ2n) is 8.86. The molecule has 0 bridgehead atoms. The van der Waals surface area contributed by atoms with Crippen LogP contribution in [-0.4, -0.2) is 17.4 Å². The third kappa shape index (κ3) is 2.33. The van der Waals surface area contributed by atoms with Crippen LogP contribution in [0.3, 0.4) is 0 Å². The van der Waals surface area contributed by atoms with E-state index >= 15 is 0 Å². The lowest BCUT2D eigenvalue weighted by molar-refractivity contribution is -0.167. The first-order valence-electron chi connectivity index (χ1n) is 9.81. The summed E-state index contributed by atoms with van der Waals surface area (Å²) in [7, 11) is 0. The Labute approximate surface area is 150 Å². The fourth-order valence-corrected chi connectivity index (χ4v) is 6.86. The van der Waals surface area contributed by atoms with E-state index in [0.717, 1.165) is 44.9 Å². The number of esters is 1. The molecule has 4 aliphatic carbocycles. The van der Waals surface area contributed by atoms with Crippen molar-refractivity contribution in [2.45, 2.75) is 70.8 Å². The number of hydrogen-bond donors (Lipinski definition) is 0. The molecule has 3 fully saturated rings. The summed E-state index contributed by atoms with van der Waals surface area (Å²) in [6.07, 6.45) is 15.8. The Morgan fingerprint density at radius 2 is 2.00 bits per heavy atom. The van der Waals surface area contributed by atoms with Crippen molar-refractivity contribution in [3.05, 3.63) is 11.6 Å². The maximum absolute atomic E-state index is 11.8. The van der Waals surface area contributed by atoms with Crippen LogP contribution in [0.15, 0.2) is 11.6 Å². The minimum Gasteiger partial charge on any atom is -0.445 e. The average molecular weight is 340 g/mol. The van der Waals surface area contributed by atoms with E-state index in [0.29, 0.717) is 35.9 Å². The molecular formula is C22H28O3. The van der Waals surface area contributed by atoms with E-state index < -0.39 is 5.60 Å². The molecule has 0 saturated heterocycles. The highest BCUT2D eigenvalue weighted by molar-refractivity contribution is 5.91. The molecule has 4 aliphatic rings. The van der Waals surface area contributed by atoms with Gasteiger partial charge in [0.2, 0.25) is 0 Å². The van der Waals surface area contributed by atoms with Gasteiger partial charge in [-0.15, -0.1) is 6.42 Å². The van der Waals surface area contributed by atoms with Gasteiger partial charge in [0.1, 0.15) is 0 Å². The first-order valence-corrected chi connectivity index (χ1v) is 9.81. The summed E-state index contributed by atoms with van der Waals surface area (Å²) in [6, 6.07) is 0. The number of allylic oxidation sites excluding steroid dienone is 1.